The van der Waals surface area contributed by atoms with E-state index in [9.17, 15) is 4.79 Å². The lowest BCUT2D eigenvalue weighted by atomic mass is 9.94. The Bertz CT molecular complexity index is 962. The summed E-state index contributed by atoms with van der Waals surface area (Å²) >= 11 is 0. The summed E-state index contributed by atoms with van der Waals surface area (Å²) < 4.78 is 10.5. The summed E-state index contributed by atoms with van der Waals surface area (Å²) in [6.07, 6.45) is 3.26. The minimum atomic E-state index is 0.0654. The number of likely N-dealkylation sites (tertiary alicyclic amines) is 1. The van der Waals surface area contributed by atoms with Crippen LogP contribution in [0.2, 0.25) is 0 Å². The Morgan fingerprint density at radius 3 is 2.50 bits per heavy atom. The lowest BCUT2D eigenvalue weighted by Gasteiger charge is -2.24. The topological polar surface area (TPSA) is 54.6 Å². The SMILES string of the molecule is COc1ccc(C2CCCCN(C(=O)c3cc4ccc(OC)cc4[nH]3)C2)cc1. The first kappa shape index (κ1) is 18.4. The Kier molecular flexibility index (Phi) is 5.24. The molecule has 2 heterocycles. The Morgan fingerprint density at radius 1 is 1.00 bits per heavy atom. The fraction of sp³-hybridized carbons (Fsp3) is 0.348. The number of methoxy groups -OCH3 is 2. The second-order valence-electron chi connectivity index (χ2n) is 7.35. The van der Waals surface area contributed by atoms with Crippen LogP contribution >= 0.6 is 0 Å². The van der Waals surface area contributed by atoms with Gasteiger partial charge in [-0.05, 0) is 48.7 Å². The average Bonchev–Trinajstić information content (AvgIpc) is 3.01. The second-order valence-corrected chi connectivity index (χ2v) is 7.35. The van der Waals surface area contributed by atoms with Gasteiger partial charge in [0.2, 0.25) is 0 Å². The molecule has 1 aliphatic rings. The number of aromatic amines is 1. The van der Waals surface area contributed by atoms with Crippen LogP contribution in [0, 0.1) is 0 Å². The summed E-state index contributed by atoms with van der Waals surface area (Å²) in [6, 6.07) is 16.0. The molecule has 0 spiro atoms. The van der Waals surface area contributed by atoms with Gasteiger partial charge in [0.05, 0.1) is 14.2 Å². The van der Waals surface area contributed by atoms with Gasteiger partial charge in [0.25, 0.3) is 5.91 Å². The normalized spacial score (nSPS) is 17.4. The van der Waals surface area contributed by atoms with Crippen molar-refractivity contribution in [2.45, 2.75) is 25.2 Å². The number of carbonyl (C=O) groups is 1. The van der Waals surface area contributed by atoms with Gasteiger partial charge in [0.15, 0.2) is 0 Å². The highest BCUT2D eigenvalue weighted by Gasteiger charge is 2.25. The van der Waals surface area contributed by atoms with Crippen molar-refractivity contribution in [1.82, 2.24) is 9.88 Å². The van der Waals surface area contributed by atoms with Gasteiger partial charge >= 0.3 is 0 Å². The molecule has 1 N–H and O–H groups in total. The minimum Gasteiger partial charge on any atom is -0.497 e. The van der Waals surface area contributed by atoms with Crippen LogP contribution in [0.5, 0.6) is 11.5 Å². The van der Waals surface area contributed by atoms with Crippen molar-refractivity contribution in [1.29, 1.82) is 0 Å². The third kappa shape index (κ3) is 3.70. The number of hydrogen-bond acceptors (Lipinski definition) is 3. The Hall–Kier alpha value is -2.95. The van der Waals surface area contributed by atoms with Crippen LogP contribution in [-0.2, 0) is 0 Å². The number of nitrogens with zero attached hydrogens (tertiary/aromatic N) is 1. The van der Waals surface area contributed by atoms with Crippen LogP contribution < -0.4 is 9.47 Å². The Morgan fingerprint density at radius 2 is 1.75 bits per heavy atom. The predicted octanol–water partition coefficient (Wildman–Crippen LogP) is 4.60. The molecule has 1 amide bonds. The van der Waals surface area contributed by atoms with Gasteiger partial charge in [-0.1, -0.05) is 18.6 Å². The van der Waals surface area contributed by atoms with Crippen LogP contribution in [0.25, 0.3) is 10.9 Å². The first-order chi connectivity index (χ1) is 13.7. The summed E-state index contributed by atoms with van der Waals surface area (Å²) in [6.45, 7) is 1.54. The van der Waals surface area contributed by atoms with Gasteiger partial charge in [-0.3, -0.25) is 4.79 Å². The van der Waals surface area contributed by atoms with Crippen LogP contribution in [-0.4, -0.2) is 43.1 Å². The van der Waals surface area contributed by atoms with E-state index in [2.05, 4.69) is 17.1 Å². The van der Waals surface area contributed by atoms with Gasteiger partial charge in [0, 0.05) is 36.0 Å². The van der Waals surface area contributed by atoms with Gasteiger partial charge in [-0.15, -0.1) is 0 Å². The monoisotopic (exact) mass is 378 g/mol. The molecule has 5 heteroatoms. The molecule has 0 radical (unpaired) electrons. The predicted molar refractivity (Wildman–Crippen MR) is 110 cm³/mol. The number of nitrogens with one attached hydrogen (secondary N) is 1. The van der Waals surface area contributed by atoms with Crippen molar-refractivity contribution in [2.24, 2.45) is 0 Å². The van der Waals surface area contributed by atoms with E-state index in [1.54, 1.807) is 14.2 Å². The van der Waals surface area contributed by atoms with E-state index in [4.69, 9.17) is 9.47 Å². The van der Waals surface area contributed by atoms with Crippen LogP contribution in [0.15, 0.2) is 48.5 Å². The van der Waals surface area contributed by atoms with E-state index >= 15 is 0 Å². The molecular formula is C23H26N2O3. The molecule has 5 nitrogen and oxygen atoms in total. The molecule has 0 aliphatic carbocycles. The summed E-state index contributed by atoms with van der Waals surface area (Å²) in [5.41, 5.74) is 2.82. The number of ether oxygens (including phenoxy) is 2. The van der Waals surface area contributed by atoms with E-state index in [1.165, 1.54) is 5.56 Å². The van der Waals surface area contributed by atoms with Crippen LogP contribution in [0.4, 0.5) is 0 Å². The zero-order chi connectivity index (χ0) is 19.5. The van der Waals surface area contributed by atoms with E-state index < -0.39 is 0 Å². The number of hydrogen-bond donors (Lipinski definition) is 1. The quantitative estimate of drug-likeness (QED) is 0.722. The fourth-order valence-corrected chi connectivity index (χ4v) is 3.99. The van der Waals surface area contributed by atoms with Crippen LogP contribution in [0.1, 0.15) is 41.2 Å². The average molecular weight is 378 g/mol. The summed E-state index contributed by atoms with van der Waals surface area (Å²) in [7, 11) is 3.32. The number of benzene rings is 2. The van der Waals surface area contributed by atoms with Crippen LogP contribution in [0.3, 0.4) is 0 Å². The number of carbonyl (C=O) groups excluding carboxylic acids is 1. The zero-order valence-electron chi connectivity index (χ0n) is 16.4. The van der Waals surface area contributed by atoms with Crippen molar-refractivity contribution < 1.29 is 14.3 Å². The summed E-state index contributed by atoms with van der Waals surface area (Å²) in [5.74, 6) is 2.05. The van der Waals surface area contributed by atoms with E-state index in [-0.39, 0.29) is 5.91 Å². The molecular weight excluding hydrogens is 352 g/mol. The number of fused-ring (bicyclic) bond motifs is 1. The van der Waals surface area contributed by atoms with Crippen molar-refractivity contribution >= 4 is 16.8 Å². The first-order valence-electron chi connectivity index (χ1n) is 9.78. The van der Waals surface area contributed by atoms with Crippen molar-refractivity contribution in [3.8, 4) is 11.5 Å². The van der Waals surface area contributed by atoms with Gasteiger partial charge < -0.3 is 19.4 Å². The van der Waals surface area contributed by atoms with Gasteiger partial charge in [-0.2, -0.15) is 0 Å². The molecule has 1 aromatic heterocycles. The number of H-pyrrole nitrogens is 1. The fourth-order valence-electron chi connectivity index (χ4n) is 3.99. The number of rotatable bonds is 4. The molecule has 1 atom stereocenters. The Balaban J connectivity index is 1.55. The molecule has 3 aromatic rings. The number of amides is 1. The van der Waals surface area contributed by atoms with Gasteiger partial charge in [0.1, 0.15) is 17.2 Å². The second kappa shape index (κ2) is 7.97. The molecule has 1 fully saturated rings. The molecule has 1 saturated heterocycles. The van der Waals surface area contributed by atoms with Crippen molar-refractivity contribution in [2.75, 3.05) is 27.3 Å². The molecule has 4 rings (SSSR count). The molecule has 0 bridgehead atoms. The van der Waals surface area contributed by atoms with Crippen molar-refractivity contribution in [3.05, 3.63) is 59.8 Å². The lowest BCUT2D eigenvalue weighted by Crippen LogP contribution is -2.34. The maximum Gasteiger partial charge on any atom is 0.270 e. The van der Waals surface area contributed by atoms with Crippen molar-refractivity contribution in [3.63, 3.8) is 0 Å². The highest BCUT2D eigenvalue weighted by molar-refractivity contribution is 5.98. The summed E-state index contributed by atoms with van der Waals surface area (Å²) in [4.78, 5) is 18.5. The summed E-state index contributed by atoms with van der Waals surface area (Å²) in [5, 5.41) is 1.02. The molecule has 2 aromatic carbocycles. The lowest BCUT2D eigenvalue weighted by molar-refractivity contribution is 0.0749. The molecule has 28 heavy (non-hydrogen) atoms. The highest BCUT2D eigenvalue weighted by atomic mass is 16.5. The maximum atomic E-state index is 13.2. The Labute approximate surface area is 165 Å². The maximum absolute atomic E-state index is 13.2. The third-order valence-corrected chi connectivity index (χ3v) is 5.61. The van der Waals surface area contributed by atoms with E-state index in [1.807, 2.05) is 41.3 Å². The number of aromatic nitrogens is 1. The smallest absolute Gasteiger partial charge is 0.270 e. The van der Waals surface area contributed by atoms with E-state index in [0.29, 0.717) is 11.6 Å². The zero-order valence-corrected chi connectivity index (χ0v) is 16.4. The third-order valence-electron chi connectivity index (χ3n) is 5.61. The highest BCUT2D eigenvalue weighted by Crippen LogP contribution is 2.29. The largest absolute Gasteiger partial charge is 0.497 e. The molecule has 146 valence electrons. The first-order valence-corrected chi connectivity index (χ1v) is 9.78. The molecule has 1 unspecified atom stereocenters. The molecule has 0 saturated carbocycles. The molecule has 1 aliphatic heterocycles. The van der Waals surface area contributed by atoms with Gasteiger partial charge in [-0.25, -0.2) is 0 Å². The minimum absolute atomic E-state index is 0.0654. The van der Waals surface area contributed by atoms with E-state index in [0.717, 1.165) is 54.8 Å². The standard InChI is InChI=1S/C23H26N2O3/c1-27-19-9-6-16(7-10-19)18-5-3-4-12-25(15-18)23(26)22-13-17-8-11-20(28-2)14-21(17)24-22/h6-11,13-14,18,24H,3-5,12,15H2,1-2H3.